The SMILES string of the molecule is C=Nc1cccc(COc2nc(N3CCN(C)CC3)ncc2Sc2ccc(C(N)=O)cc2)c1. The Balaban J connectivity index is 1.58. The number of piperazine rings is 1. The van der Waals surface area contributed by atoms with Gasteiger partial charge in [0.15, 0.2) is 0 Å². The predicted octanol–water partition coefficient (Wildman–Crippen LogP) is 3.39. The average molecular weight is 463 g/mol. The first-order valence-electron chi connectivity index (χ1n) is 10.6. The fourth-order valence-electron chi connectivity index (χ4n) is 3.39. The molecule has 9 heteroatoms. The monoisotopic (exact) mass is 462 g/mol. The minimum atomic E-state index is -0.452. The Hall–Kier alpha value is -3.43. The minimum Gasteiger partial charge on any atom is -0.472 e. The third-order valence-electron chi connectivity index (χ3n) is 5.33. The standard InChI is InChI=1S/C24H26N6O2S/c1-26-19-5-3-4-17(14-19)16-32-23-21(33-20-8-6-18(7-9-20)22(25)31)15-27-24(28-23)30-12-10-29(2)11-13-30/h3-9,14-15H,1,10-13,16H2,2H3,(H2,25,31). The van der Waals surface area contributed by atoms with Gasteiger partial charge in [-0.05, 0) is 55.7 Å². The number of ether oxygens (including phenoxy) is 1. The maximum Gasteiger partial charge on any atom is 0.248 e. The smallest absolute Gasteiger partial charge is 0.248 e. The Morgan fingerprint density at radius 2 is 1.94 bits per heavy atom. The molecular weight excluding hydrogens is 436 g/mol. The number of nitrogens with zero attached hydrogens (tertiary/aromatic N) is 5. The van der Waals surface area contributed by atoms with Crippen LogP contribution in [0.5, 0.6) is 5.88 Å². The van der Waals surface area contributed by atoms with Crippen LogP contribution >= 0.6 is 11.8 Å². The molecule has 8 nitrogen and oxygen atoms in total. The molecule has 0 saturated carbocycles. The van der Waals surface area contributed by atoms with E-state index >= 15 is 0 Å². The van der Waals surface area contributed by atoms with Gasteiger partial charge in [-0.15, -0.1) is 0 Å². The van der Waals surface area contributed by atoms with Gasteiger partial charge < -0.3 is 20.3 Å². The lowest BCUT2D eigenvalue weighted by atomic mass is 10.2. The van der Waals surface area contributed by atoms with Crippen LogP contribution in [0.15, 0.2) is 69.5 Å². The second-order valence-electron chi connectivity index (χ2n) is 7.74. The molecule has 0 radical (unpaired) electrons. The summed E-state index contributed by atoms with van der Waals surface area (Å²) in [6.45, 7) is 7.58. The van der Waals surface area contributed by atoms with Gasteiger partial charge in [0.25, 0.3) is 0 Å². The fraction of sp³-hybridized carbons (Fsp3) is 0.250. The topological polar surface area (TPSA) is 96.9 Å². The molecule has 1 aliphatic rings. The zero-order valence-electron chi connectivity index (χ0n) is 18.5. The summed E-state index contributed by atoms with van der Waals surface area (Å²) in [6, 6.07) is 14.8. The van der Waals surface area contributed by atoms with Gasteiger partial charge in [0, 0.05) is 36.6 Å². The van der Waals surface area contributed by atoms with Crippen LogP contribution in [-0.4, -0.2) is 60.7 Å². The number of aliphatic imine (C=N–C) groups is 1. The molecule has 2 aromatic carbocycles. The molecule has 0 aliphatic carbocycles. The number of likely N-dealkylation sites (N-methyl/N-ethyl adjacent to an activating group) is 1. The summed E-state index contributed by atoms with van der Waals surface area (Å²) in [7, 11) is 2.11. The van der Waals surface area contributed by atoms with Crippen molar-refractivity contribution >= 4 is 36.0 Å². The van der Waals surface area contributed by atoms with Gasteiger partial charge in [-0.3, -0.25) is 9.79 Å². The van der Waals surface area contributed by atoms with Crippen LogP contribution in [0.2, 0.25) is 0 Å². The van der Waals surface area contributed by atoms with Gasteiger partial charge in [0.1, 0.15) is 6.61 Å². The van der Waals surface area contributed by atoms with Crippen molar-refractivity contribution in [3.05, 3.63) is 65.9 Å². The highest BCUT2D eigenvalue weighted by atomic mass is 32.2. The third-order valence-corrected chi connectivity index (χ3v) is 6.34. The molecule has 1 aliphatic heterocycles. The highest BCUT2D eigenvalue weighted by Gasteiger charge is 2.19. The van der Waals surface area contributed by atoms with Gasteiger partial charge in [0.2, 0.25) is 17.7 Å². The summed E-state index contributed by atoms with van der Waals surface area (Å²) in [6.07, 6.45) is 1.80. The average Bonchev–Trinajstić information content (AvgIpc) is 2.84. The molecule has 3 aromatic rings. The lowest BCUT2D eigenvalue weighted by molar-refractivity contribution is 0.1000. The largest absolute Gasteiger partial charge is 0.472 e. The van der Waals surface area contributed by atoms with Crippen molar-refractivity contribution in [1.82, 2.24) is 14.9 Å². The van der Waals surface area contributed by atoms with Gasteiger partial charge >= 0.3 is 0 Å². The number of primary amides is 1. The number of aromatic nitrogens is 2. The number of rotatable bonds is 8. The Bertz CT molecular complexity index is 1130. The van der Waals surface area contributed by atoms with Crippen molar-refractivity contribution in [2.24, 2.45) is 10.7 Å². The summed E-state index contributed by atoms with van der Waals surface area (Å²) in [5, 5.41) is 0. The van der Waals surface area contributed by atoms with Crippen LogP contribution in [0, 0.1) is 0 Å². The van der Waals surface area contributed by atoms with E-state index in [1.807, 2.05) is 36.4 Å². The minimum absolute atomic E-state index is 0.344. The predicted molar refractivity (Wildman–Crippen MR) is 131 cm³/mol. The molecule has 33 heavy (non-hydrogen) atoms. The highest BCUT2D eigenvalue weighted by Crippen LogP contribution is 2.35. The quantitative estimate of drug-likeness (QED) is 0.513. The van der Waals surface area contributed by atoms with E-state index in [0.717, 1.165) is 47.2 Å². The van der Waals surface area contributed by atoms with Gasteiger partial charge in [0.05, 0.1) is 16.8 Å². The molecule has 2 N–H and O–H groups in total. The van der Waals surface area contributed by atoms with E-state index in [2.05, 4.69) is 33.5 Å². The van der Waals surface area contributed by atoms with E-state index in [1.54, 1.807) is 18.3 Å². The van der Waals surface area contributed by atoms with Crippen LogP contribution in [0.1, 0.15) is 15.9 Å². The summed E-state index contributed by atoms with van der Waals surface area (Å²) < 4.78 is 6.16. The van der Waals surface area contributed by atoms with Gasteiger partial charge in [-0.1, -0.05) is 23.9 Å². The van der Waals surface area contributed by atoms with E-state index in [9.17, 15) is 4.79 Å². The van der Waals surface area contributed by atoms with E-state index in [0.29, 0.717) is 24.0 Å². The summed E-state index contributed by atoms with van der Waals surface area (Å²) in [5.74, 6) is 0.722. The zero-order chi connectivity index (χ0) is 23.2. The molecule has 170 valence electrons. The van der Waals surface area contributed by atoms with Crippen LogP contribution in [0.4, 0.5) is 11.6 Å². The van der Waals surface area contributed by atoms with Crippen LogP contribution in [0.3, 0.4) is 0 Å². The first-order chi connectivity index (χ1) is 16.0. The Labute approximate surface area is 197 Å². The van der Waals surface area contributed by atoms with Crippen molar-refractivity contribution in [3.63, 3.8) is 0 Å². The summed E-state index contributed by atoms with van der Waals surface area (Å²) in [5.41, 5.74) is 7.58. The first-order valence-corrected chi connectivity index (χ1v) is 11.4. The Kier molecular flexibility index (Phi) is 7.21. The maximum atomic E-state index is 11.4. The molecule has 1 saturated heterocycles. The maximum absolute atomic E-state index is 11.4. The number of carbonyl (C=O) groups is 1. The normalized spacial score (nSPS) is 14.2. The summed E-state index contributed by atoms with van der Waals surface area (Å²) >= 11 is 1.48. The van der Waals surface area contributed by atoms with Crippen molar-refractivity contribution in [2.75, 3.05) is 38.1 Å². The molecule has 0 unspecified atom stereocenters. The van der Waals surface area contributed by atoms with E-state index in [1.165, 1.54) is 11.8 Å². The molecule has 1 fully saturated rings. The molecule has 0 spiro atoms. The lowest BCUT2D eigenvalue weighted by Crippen LogP contribution is -2.45. The number of hydrogen-bond donors (Lipinski definition) is 1. The van der Waals surface area contributed by atoms with E-state index in [4.69, 9.17) is 15.5 Å². The molecule has 4 rings (SSSR count). The molecule has 0 atom stereocenters. The third kappa shape index (κ3) is 5.88. The van der Waals surface area contributed by atoms with E-state index in [-0.39, 0.29) is 0 Å². The summed E-state index contributed by atoms with van der Waals surface area (Å²) in [4.78, 5) is 30.9. The number of amides is 1. The van der Waals surface area contributed by atoms with Crippen LogP contribution < -0.4 is 15.4 Å². The second-order valence-corrected chi connectivity index (χ2v) is 8.85. The van der Waals surface area contributed by atoms with E-state index < -0.39 is 5.91 Å². The van der Waals surface area contributed by atoms with Crippen molar-refractivity contribution in [3.8, 4) is 5.88 Å². The molecule has 1 aromatic heterocycles. The van der Waals surface area contributed by atoms with Crippen molar-refractivity contribution in [1.29, 1.82) is 0 Å². The zero-order valence-corrected chi connectivity index (χ0v) is 19.3. The van der Waals surface area contributed by atoms with Gasteiger partial charge in [-0.2, -0.15) is 4.98 Å². The van der Waals surface area contributed by atoms with Gasteiger partial charge in [-0.25, -0.2) is 4.98 Å². The molecule has 1 amide bonds. The van der Waals surface area contributed by atoms with Crippen molar-refractivity contribution < 1.29 is 9.53 Å². The van der Waals surface area contributed by atoms with Crippen molar-refractivity contribution in [2.45, 2.75) is 16.4 Å². The van der Waals surface area contributed by atoms with Crippen LogP contribution in [0.25, 0.3) is 0 Å². The lowest BCUT2D eigenvalue weighted by Gasteiger charge is -2.32. The Morgan fingerprint density at radius 3 is 2.64 bits per heavy atom. The molecule has 0 bridgehead atoms. The number of nitrogens with two attached hydrogens (primary N) is 1. The molecule has 2 heterocycles. The van der Waals surface area contributed by atoms with Crippen LogP contribution in [-0.2, 0) is 6.61 Å². The first kappa shape index (κ1) is 22.8. The highest BCUT2D eigenvalue weighted by molar-refractivity contribution is 7.99. The number of hydrogen-bond acceptors (Lipinski definition) is 8. The molecular formula is C24H26N6O2S. The number of benzene rings is 2. The Morgan fingerprint density at radius 1 is 1.18 bits per heavy atom. The number of carbonyl (C=O) groups excluding carboxylic acids is 1. The fourth-order valence-corrected chi connectivity index (χ4v) is 4.21. The second kappa shape index (κ2) is 10.5. The number of anilines is 1.